The number of hydrogen-bond donors (Lipinski definition) is 1. The maximum atomic E-state index is 11.7. The van der Waals surface area contributed by atoms with Crippen molar-refractivity contribution in [1.29, 1.82) is 0 Å². The molecule has 0 spiro atoms. The van der Waals surface area contributed by atoms with Gasteiger partial charge in [0.25, 0.3) is 0 Å². The predicted molar refractivity (Wildman–Crippen MR) is 65.9 cm³/mol. The molecule has 1 amide bonds. The average molecular weight is 258 g/mol. The topological polar surface area (TPSA) is 47.6 Å². The lowest BCUT2D eigenvalue weighted by molar-refractivity contribution is -0.127. The summed E-state index contributed by atoms with van der Waals surface area (Å²) in [6, 6.07) is 9.16. The van der Waals surface area contributed by atoms with E-state index < -0.39 is 11.7 Å². The van der Waals surface area contributed by atoms with E-state index >= 15 is 0 Å². The van der Waals surface area contributed by atoms with E-state index in [9.17, 15) is 4.79 Å². The standard InChI is InChI=1S/C12H16ClNO3/c1-16-10(17-2)8-14-12(15)11(13)9-6-4-3-5-7-9/h3-7,10-11H,8H2,1-2H3,(H,14,15). The number of rotatable bonds is 6. The van der Waals surface area contributed by atoms with Gasteiger partial charge in [-0.25, -0.2) is 0 Å². The summed E-state index contributed by atoms with van der Waals surface area (Å²) in [5.41, 5.74) is 0.762. The van der Waals surface area contributed by atoms with Crippen LogP contribution < -0.4 is 5.32 Å². The van der Waals surface area contributed by atoms with Crippen LogP contribution in [0.5, 0.6) is 0 Å². The number of ether oxygens (including phenoxy) is 2. The quantitative estimate of drug-likeness (QED) is 0.623. The number of methoxy groups -OCH3 is 2. The van der Waals surface area contributed by atoms with E-state index in [0.29, 0.717) is 0 Å². The summed E-state index contributed by atoms with van der Waals surface area (Å²) in [6.07, 6.45) is -0.460. The van der Waals surface area contributed by atoms with Crippen molar-refractivity contribution in [2.45, 2.75) is 11.7 Å². The molecule has 0 aromatic heterocycles. The van der Waals surface area contributed by atoms with Gasteiger partial charge in [-0.3, -0.25) is 4.79 Å². The van der Waals surface area contributed by atoms with E-state index in [-0.39, 0.29) is 12.5 Å². The highest BCUT2D eigenvalue weighted by Crippen LogP contribution is 2.19. The van der Waals surface area contributed by atoms with Gasteiger partial charge >= 0.3 is 0 Å². The van der Waals surface area contributed by atoms with Crippen molar-refractivity contribution in [2.24, 2.45) is 0 Å². The van der Waals surface area contributed by atoms with Crippen molar-refractivity contribution in [1.82, 2.24) is 5.32 Å². The molecule has 5 heteroatoms. The monoisotopic (exact) mass is 257 g/mol. The first-order valence-corrected chi connectivity index (χ1v) is 5.65. The van der Waals surface area contributed by atoms with E-state index in [1.54, 1.807) is 12.1 Å². The molecule has 17 heavy (non-hydrogen) atoms. The van der Waals surface area contributed by atoms with Crippen LogP contribution in [-0.4, -0.2) is 33.0 Å². The number of benzene rings is 1. The third-order valence-corrected chi connectivity index (χ3v) is 2.74. The largest absolute Gasteiger partial charge is 0.354 e. The summed E-state index contributed by atoms with van der Waals surface area (Å²) in [5, 5.41) is 1.96. The van der Waals surface area contributed by atoms with Crippen LogP contribution in [0, 0.1) is 0 Å². The summed E-state index contributed by atoms with van der Waals surface area (Å²) in [6.45, 7) is 0.266. The fourth-order valence-corrected chi connectivity index (χ4v) is 1.53. The first kappa shape index (κ1) is 14.0. The molecule has 0 radical (unpaired) electrons. The minimum absolute atomic E-state index is 0.266. The van der Waals surface area contributed by atoms with Crippen LogP contribution in [0.25, 0.3) is 0 Å². The third-order valence-electron chi connectivity index (χ3n) is 2.29. The first-order valence-electron chi connectivity index (χ1n) is 5.21. The Morgan fingerprint density at radius 2 is 1.88 bits per heavy atom. The number of hydrogen-bond acceptors (Lipinski definition) is 3. The summed E-state index contributed by atoms with van der Waals surface area (Å²) >= 11 is 6.03. The third kappa shape index (κ3) is 4.34. The molecule has 94 valence electrons. The van der Waals surface area contributed by atoms with Gasteiger partial charge in [0.15, 0.2) is 6.29 Å². The van der Waals surface area contributed by atoms with Gasteiger partial charge in [-0.1, -0.05) is 30.3 Å². The predicted octanol–water partition coefficient (Wildman–Crippen LogP) is 1.70. The molecule has 1 N–H and O–H groups in total. The highest BCUT2D eigenvalue weighted by Gasteiger charge is 2.18. The van der Waals surface area contributed by atoms with E-state index in [1.807, 2.05) is 18.2 Å². The van der Waals surface area contributed by atoms with E-state index in [4.69, 9.17) is 21.1 Å². The summed E-state index contributed by atoms with van der Waals surface area (Å²) in [5.74, 6) is -0.267. The molecule has 0 bridgehead atoms. The van der Waals surface area contributed by atoms with Crippen molar-refractivity contribution in [3.8, 4) is 0 Å². The van der Waals surface area contributed by atoms with Crippen molar-refractivity contribution in [2.75, 3.05) is 20.8 Å². The second kappa shape index (κ2) is 7.27. The van der Waals surface area contributed by atoms with Crippen LogP contribution in [0.2, 0.25) is 0 Å². The molecule has 0 heterocycles. The van der Waals surface area contributed by atoms with Crippen molar-refractivity contribution in [3.63, 3.8) is 0 Å². The molecule has 1 rings (SSSR count). The average Bonchev–Trinajstić information content (AvgIpc) is 2.39. The molecule has 0 saturated heterocycles. The van der Waals surface area contributed by atoms with Crippen LogP contribution in [0.4, 0.5) is 0 Å². The molecule has 4 nitrogen and oxygen atoms in total. The van der Waals surface area contributed by atoms with Gasteiger partial charge in [0, 0.05) is 14.2 Å². The zero-order chi connectivity index (χ0) is 12.7. The second-order valence-electron chi connectivity index (χ2n) is 3.42. The van der Waals surface area contributed by atoms with Gasteiger partial charge in [0.2, 0.25) is 5.91 Å². The lowest BCUT2D eigenvalue weighted by atomic mass is 10.1. The summed E-state index contributed by atoms with van der Waals surface area (Å²) < 4.78 is 9.91. The normalized spacial score (nSPS) is 12.5. The fraction of sp³-hybridized carbons (Fsp3) is 0.417. The zero-order valence-corrected chi connectivity index (χ0v) is 10.6. The van der Waals surface area contributed by atoms with Crippen LogP contribution in [0.3, 0.4) is 0 Å². The van der Waals surface area contributed by atoms with E-state index in [0.717, 1.165) is 5.56 Å². The lowest BCUT2D eigenvalue weighted by Gasteiger charge is -2.16. The van der Waals surface area contributed by atoms with Gasteiger partial charge in [0.05, 0.1) is 6.54 Å². The molecule has 0 saturated carbocycles. The molecule has 0 aliphatic heterocycles. The number of carbonyl (C=O) groups is 1. The van der Waals surface area contributed by atoms with Crippen LogP contribution in [0.15, 0.2) is 30.3 Å². The number of halogens is 1. The van der Waals surface area contributed by atoms with Crippen molar-refractivity contribution >= 4 is 17.5 Å². The number of carbonyl (C=O) groups excluding carboxylic acids is 1. The Balaban J connectivity index is 2.48. The van der Waals surface area contributed by atoms with Gasteiger partial charge in [-0.05, 0) is 5.56 Å². The molecular weight excluding hydrogens is 242 g/mol. The highest BCUT2D eigenvalue weighted by molar-refractivity contribution is 6.30. The Kier molecular flexibility index (Phi) is 5.97. The molecule has 0 aliphatic rings. The van der Waals surface area contributed by atoms with Gasteiger partial charge in [-0.2, -0.15) is 0 Å². The number of nitrogens with one attached hydrogen (secondary N) is 1. The molecule has 1 aromatic carbocycles. The number of alkyl halides is 1. The van der Waals surface area contributed by atoms with Crippen LogP contribution >= 0.6 is 11.6 Å². The first-order chi connectivity index (χ1) is 8.19. The Bertz CT molecular complexity index is 341. The van der Waals surface area contributed by atoms with Crippen LogP contribution in [0.1, 0.15) is 10.9 Å². The molecule has 1 aromatic rings. The second-order valence-corrected chi connectivity index (χ2v) is 3.86. The molecule has 0 fully saturated rings. The molecular formula is C12H16ClNO3. The Hall–Kier alpha value is -1.10. The lowest BCUT2D eigenvalue weighted by Crippen LogP contribution is -2.35. The Labute approximate surface area is 106 Å². The summed E-state index contributed by atoms with van der Waals surface area (Å²) in [7, 11) is 3.02. The molecule has 1 unspecified atom stereocenters. The van der Waals surface area contributed by atoms with E-state index in [1.165, 1.54) is 14.2 Å². The van der Waals surface area contributed by atoms with E-state index in [2.05, 4.69) is 5.32 Å². The van der Waals surface area contributed by atoms with Gasteiger partial charge in [0.1, 0.15) is 5.38 Å². The number of amides is 1. The minimum atomic E-state index is -0.703. The Morgan fingerprint density at radius 1 is 1.29 bits per heavy atom. The smallest absolute Gasteiger partial charge is 0.242 e. The fourth-order valence-electron chi connectivity index (χ4n) is 1.31. The van der Waals surface area contributed by atoms with Gasteiger partial charge in [-0.15, -0.1) is 11.6 Å². The van der Waals surface area contributed by atoms with Crippen LogP contribution in [-0.2, 0) is 14.3 Å². The highest BCUT2D eigenvalue weighted by atomic mass is 35.5. The maximum Gasteiger partial charge on any atom is 0.242 e. The van der Waals surface area contributed by atoms with Crippen molar-refractivity contribution in [3.05, 3.63) is 35.9 Å². The minimum Gasteiger partial charge on any atom is -0.354 e. The van der Waals surface area contributed by atoms with Crippen molar-refractivity contribution < 1.29 is 14.3 Å². The molecule has 1 atom stereocenters. The maximum absolute atomic E-state index is 11.7. The SMILES string of the molecule is COC(CNC(=O)C(Cl)c1ccccc1)OC. The summed E-state index contributed by atoms with van der Waals surface area (Å²) in [4.78, 5) is 11.7. The Morgan fingerprint density at radius 3 is 2.41 bits per heavy atom. The van der Waals surface area contributed by atoms with Gasteiger partial charge < -0.3 is 14.8 Å². The molecule has 0 aliphatic carbocycles. The zero-order valence-electron chi connectivity index (χ0n) is 9.85.